The van der Waals surface area contributed by atoms with Gasteiger partial charge in [0.2, 0.25) is 0 Å². The zero-order valence-electron chi connectivity index (χ0n) is 12.0. The number of anilines is 2. The summed E-state index contributed by atoms with van der Waals surface area (Å²) in [4.78, 5) is 0. The highest BCUT2D eigenvalue weighted by Gasteiger charge is 2.34. The highest BCUT2D eigenvalue weighted by molar-refractivity contribution is 6.32. The van der Waals surface area contributed by atoms with Gasteiger partial charge in [-0.2, -0.15) is 0 Å². The van der Waals surface area contributed by atoms with Crippen LogP contribution in [-0.4, -0.2) is 6.61 Å². The topological polar surface area (TPSA) is 21.3 Å². The van der Waals surface area contributed by atoms with Crippen LogP contribution in [0.1, 0.15) is 31.9 Å². The summed E-state index contributed by atoms with van der Waals surface area (Å²) in [6.07, 6.45) is 0. The molecule has 0 atom stereocenters. The summed E-state index contributed by atoms with van der Waals surface area (Å²) >= 11 is 6.41. The second-order valence-corrected chi connectivity index (χ2v) is 5.96. The minimum Gasteiger partial charge on any atom is -0.494 e. The first-order chi connectivity index (χ1) is 9.54. The first-order valence-corrected chi connectivity index (χ1v) is 7.25. The van der Waals surface area contributed by atoms with Gasteiger partial charge in [0.25, 0.3) is 0 Å². The molecule has 0 aliphatic carbocycles. The fourth-order valence-corrected chi connectivity index (χ4v) is 3.38. The van der Waals surface area contributed by atoms with Crippen LogP contribution in [0.3, 0.4) is 0 Å². The summed E-state index contributed by atoms with van der Waals surface area (Å²) in [5.41, 5.74) is 4.43. The summed E-state index contributed by atoms with van der Waals surface area (Å²) in [5, 5.41) is 4.28. The predicted molar refractivity (Wildman–Crippen MR) is 84.5 cm³/mol. The van der Waals surface area contributed by atoms with E-state index in [9.17, 15) is 0 Å². The van der Waals surface area contributed by atoms with Crippen LogP contribution < -0.4 is 10.1 Å². The molecule has 1 heterocycles. The lowest BCUT2D eigenvalue weighted by atomic mass is 9.74. The van der Waals surface area contributed by atoms with E-state index in [4.69, 9.17) is 16.3 Å². The van der Waals surface area contributed by atoms with E-state index in [1.165, 1.54) is 5.56 Å². The van der Waals surface area contributed by atoms with Crippen molar-refractivity contribution in [2.24, 2.45) is 0 Å². The minimum absolute atomic E-state index is 0.126. The summed E-state index contributed by atoms with van der Waals surface area (Å²) in [6, 6.07) is 12.2. The van der Waals surface area contributed by atoms with Crippen molar-refractivity contribution in [1.29, 1.82) is 0 Å². The standard InChI is InChI=1S/C17H18ClNO/c1-4-20-11-8-9-12-15(10-11)19-14-7-5-6-13(18)16(14)17(12,2)3/h5-10,19H,4H2,1-3H3. The lowest BCUT2D eigenvalue weighted by molar-refractivity contribution is 0.340. The maximum Gasteiger partial charge on any atom is 0.121 e. The molecule has 3 rings (SSSR count). The Balaban J connectivity index is 2.16. The van der Waals surface area contributed by atoms with Gasteiger partial charge in [-0.1, -0.05) is 37.6 Å². The maximum absolute atomic E-state index is 6.41. The molecule has 0 saturated heterocycles. The van der Waals surface area contributed by atoms with Crippen molar-refractivity contribution in [3.63, 3.8) is 0 Å². The van der Waals surface area contributed by atoms with Gasteiger partial charge in [0.15, 0.2) is 0 Å². The SMILES string of the molecule is CCOc1ccc2c(c1)Nc1cccc(Cl)c1C2(C)C. The Morgan fingerprint density at radius 2 is 1.95 bits per heavy atom. The van der Waals surface area contributed by atoms with Crippen LogP contribution in [0.15, 0.2) is 36.4 Å². The summed E-state index contributed by atoms with van der Waals surface area (Å²) in [5.74, 6) is 0.889. The third-order valence-electron chi connectivity index (χ3n) is 3.88. The Kier molecular flexibility index (Phi) is 3.14. The molecular formula is C17H18ClNO. The molecule has 3 heteroatoms. The van der Waals surface area contributed by atoms with Crippen LogP contribution in [-0.2, 0) is 5.41 Å². The lowest BCUT2D eigenvalue weighted by Crippen LogP contribution is -2.26. The lowest BCUT2D eigenvalue weighted by Gasteiger charge is -2.36. The molecule has 1 N–H and O–H groups in total. The van der Waals surface area contributed by atoms with Crippen molar-refractivity contribution < 1.29 is 4.74 Å². The van der Waals surface area contributed by atoms with Gasteiger partial charge in [0.1, 0.15) is 5.75 Å². The number of fused-ring (bicyclic) bond motifs is 2. The zero-order chi connectivity index (χ0) is 14.3. The van der Waals surface area contributed by atoms with Crippen molar-refractivity contribution in [1.82, 2.24) is 0 Å². The van der Waals surface area contributed by atoms with E-state index in [-0.39, 0.29) is 5.41 Å². The van der Waals surface area contributed by atoms with Gasteiger partial charge in [-0.05, 0) is 30.7 Å². The largest absolute Gasteiger partial charge is 0.494 e. The van der Waals surface area contributed by atoms with E-state index < -0.39 is 0 Å². The smallest absolute Gasteiger partial charge is 0.121 e. The van der Waals surface area contributed by atoms with E-state index in [0.717, 1.165) is 27.7 Å². The number of halogens is 1. The van der Waals surface area contributed by atoms with E-state index in [1.54, 1.807) is 0 Å². The molecule has 0 saturated carbocycles. The molecule has 0 aromatic heterocycles. The molecule has 2 nitrogen and oxygen atoms in total. The molecule has 0 unspecified atom stereocenters. The van der Waals surface area contributed by atoms with Crippen LogP contribution in [0.2, 0.25) is 5.02 Å². The number of ether oxygens (including phenoxy) is 1. The second-order valence-electron chi connectivity index (χ2n) is 5.55. The first-order valence-electron chi connectivity index (χ1n) is 6.87. The van der Waals surface area contributed by atoms with E-state index in [2.05, 4.69) is 37.4 Å². The van der Waals surface area contributed by atoms with Gasteiger partial charge in [-0.3, -0.25) is 0 Å². The highest BCUT2D eigenvalue weighted by atomic mass is 35.5. The normalized spacial score (nSPS) is 15.0. The van der Waals surface area contributed by atoms with Crippen LogP contribution in [0, 0.1) is 0 Å². The third kappa shape index (κ3) is 1.95. The van der Waals surface area contributed by atoms with E-state index in [0.29, 0.717) is 6.61 Å². The van der Waals surface area contributed by atoms with Crippen molar-refractivity contribution in [3.8, 4) is 5.75 Å². The molecular weight excluding hydrogens is 270 g/mol. The predicted octanol–water partition coefficient (Wildman–Crippen LogP) is 5.12. The molecule has 20 heavy (non-hydrogen) atoms. The number of hydrogen-bond acceptors (Lipinski definition) is 2. The van der Waals surface area contributed by atoms with Crippen LogP contribution in [0.4, 0.5) is 11.4 Å². The molecule has 0 amide bonds. The molecule has 2 aromatic rings. The van der Waals surface area contributed by atoms with Gasteiger partial charge in [0, 0.05) is 33.4 Å². The summed E-state index contributed by atoms with van der Waals surface area (Å²) in [7, 11) is 0. The second kappa shape index (κ2) is 4.71. The number of nitrogens with one attached hydrogen (secondary N) is 1. The van der Waals surface area contributed by atoms with E-state index in [1.807, 2.05) is 25.1 Å². The third-order valence-corrected chi connectivity index (χ3v) is 4.20. The van der Waals surface area contributed by atoms with Crippen molar-refractivity contribution in [3.05, 3.63) is 52.5 Å². The highest BCUT2D eigenvalue weighted by Crippen LogP contribution is 2.48. The summed E-state index contributed by atoms with van der Waals surface area (Å²) in [6.45, 7) is 7.08. The van der Waals surface area contributed by atoms with Gasteiger partial charge in [-0.25, -0.2) is 0 Å². The molecule has 104 valence electrons. The average Bonchev–Trinajstić information content (AvgIpc) is 2.38. The van der Waals surface area contributed by atoms with Crippen molar-refractivity contribution in [2.75, 3.05) is 11.9 Å². The molecule has 0 fully saturated rings. The Morgan fingerprint density at radius 3 is 2.70 bits per heavy atom. The minimum atomic E-state index is -0.126. The zero-order valence-corrected chi connectivity index (χ0v) is 12.7. The fourth-order valence-electron chi connectivity index (χ4n) is 2.97. The van der Waals surface area contributed by atoms with Crippen molar-refractivity contribution >= 4 is 23.0 Å². The Morgan fingerprint density at radius 1 is 1.15 bits per heavy atom. The number of rotatable bonds is 2. The summed E-state index contributed by atoms with van der Waals surface area (Å²) < 4.78 is 5.59. The molecule has 0 bridgehead atoms. The van der Waals surface area contributed by atoms with Crippen LogP contribution in [0.5, 0.6) is 5.75 Å². The monoisotopic (exact) mass is 287 g/mol. The Bertz CT molecular complexity index is 664. The number of benzene rings is 2. The Labute approximate surface area is 124 Å². The Hall–Kier alpha value is -1.67. The molecule has 2 aromatic carbocycles. The maximum atomic E-state index is 6.41. The van der Waals surface area contributed by atoms with Gasteiger partial charge < -0.3 is 10.1 Å². The molecule has 1 aliphatic heterocycles. The number of hydrogen-bond donors (Lipinski definition) is 1. The van der Waals surface area contributed by atoms with Crippen LogP contribution in [0.25, 0.3) is 0 Å². The first kappa shape index (κ1) is 13.3. The van der Waals surface area contributed by atoms with E-state index >= 15 is 0 Å². The van der Waals surface area contributed by atoms with Gasteiger partial charge in [0.05, 0.1) is 6.61 Å². The van der Waals surface area contributed by atoms with Crippen LogP contribution >= 0.6 is 11.6 Å². The molecule has 0 spiro atoms. The molecule has 0 radical (unpaired) electrons. The van der Waals surface area contributed by atoms with Crippen molar-refractivity contribution in [2.45, 2.75) is 26.2 Å². The fraction of sp³-hybridized carbons (Fsp3) is 0.294. The molecule has 1 aliphatic rings. The average molecular weight is 288 g/mol. The van der Waals surface area contributed by atoms with Gasteiger partial charge in [-0.15, -0.1) is 0 Å². The quantitative estimate of drug-likeness (QED) is 0.827. The van der Waals surface area contributed by atoms with Gasteiger partial charge >= 0.3 is 0 Å².